The Morgan fingerprint density at radius 3 is 2.82 bits per heavy atom. The molecule has 5 nitrogen and oxygen atoms in total. The van der Waals surface area contributed by atoms with E-state index >= 15 is 0 Å². The number of carbonyl (C=O) groups excluding carboxylic acids is 1. The monoisotopic (exact) mass is 303 g/mol. The fourth-order valence-corrected chi connectivity index (χ4v) is 3.92. The first-order valence-electron chi connectivity index (χ1n) is 8.19. The molecule has 0 saturated carbocycles. The van der Waals surface area contributed by atoms with Crippen molar-refractivity contribution in [3.8, 4) is 0 Å². The Kier molecular flexibility index (Phi) is 4.08. The van der Waals surface area contributed by atoms with Gasteiger partial charge in [0, 0.05) is 37.3 Å². The summed E-state index contributed by atoms with van der Waals surface area (Å²) in [7, 11) is 0. The number of amides is 1. The molecule has 1 amide bonds. The first-order valence-corrected chi connectivity index (χ1v) is 8.19. The van der Waals surface area contributed by atoms with Crippen molar-refractivity contribution in [3.05, 3.63) is 34.2 Å². The first-order chi connectivity index (χ1) is 10.5. The topological polar surface area (TPSA) is 68.3 Å². The summed E-state index contributed by atoms with van der Waals surface area (Å²) in [6, 6.07) is 5.05. The number of pyridine rings is 1. The maximum atomic E-state index is 12.6. The molecule has 0 radical (unpaired) electrons. The van der Waals surface area contributed by atoms with Gasteiger partial charge in [0.05, 0.1) is 6.04 Å². The fraction of sp³-hybridized carbons (Fsp3) is 0.647. The van der Waals surface area contributed by atoms with Crippen molar-refractivity contribution in [1.82, 2.24) is 9.47 Å². The van der Waals surface area contributed by atoms with E-state index in [-0.39, 0.29) is 17.4 Å². The zero-order chi connectivity index (χ0) is 15.9. The molecule has 3 heterocycles. The van der Waals surface area contributed by atoms with Crippen LogP contribution < -0.4 is 11.3 Å². The van der Waals surface area contributed by atoms with Crippen molar-refractivity contribution in [3.63, 3.8) is 0 Å². The van der Waals surface area contributed by atoms with E-state index < -0.39 is 6.04 Å². The van der Waals surface area contributed by atoms with Crippen LogP contribution in [0.2, 0.25) is 0 Å². The summed E-state index contributed by atoms with van der Waals surface area (Å²) >= 11 is 0. The van der Waals surface area contributed by atoms with E-state index in [2.05, 4.69) is 13.8 Å². The number of fused-ring (bicyclic) bond motifs is 4. The number of likely N-dealkylation sites (tertiary alicyclic amines) is 1. The maximum absolute atomic E-state index is 12.6. The number of nitrogens with zero attached hydrogens (tertiary/aromatic N) is 2. The van der Waals surface area contributed by atoms with Gasteiger partial charge in [-0.2, -0.15) is 0 Å². The van der Waals surface area contributed by atoms with Crippen LogP contribution in [-0.2, 0) is 11.3 Å². The fourth-order valence-electron chi connectivity index (χ4n) is 3.92. The lowest BCUT2D eigenvalue weighted by molar-refractivity contribution is -0.135. The molecule has 1 saturated heterocycles. The number of hydrogen-bond acceptors (Lipinski definition) is 3. The van der Waals surface area contributed by atoms with E-state index in [0.717, 1.165) is 25.1 Å². The van der Waals surface area contributed by atoms with Crippen LogP contribution >= 0.6 is 0 Å². The van der Waals surface area contributed by atoms with Crippen LogP contribution in [0.5, 0.6) is 0 Å². The molecule has 1 aromatic heterocycles. The number of piperidine rings is 1. The van der Waals surface area contributed by atoms with Crippen molar-refractivity contribution < 1.29 is 4.79 Å². The minimum absolute atomic E-state index is 0.0649. The Balaban J connectivity index is 1.79. The van der Waals surface area contributed by atoms with Crippen LogP contribution in [0.4, 0.5) is 0 Å². The zero-order valence-corrected chi connectivity index (χ0v) is 13.4. The lowest BCUT2D eigenvalue weighted by Crippen LogP contribution is -2.53. The molecule has 5 heteroatoms. The highest BCUT2D eigenvalue weighted by Gasteiger charge is 2.37. The smallest absolute Gasteiger partial charge is 0.250 e. The molecule has 0 unspecified atom stereocenters. The second kappa shape index (κ2) is 5.88. The van der Waals surface area contributed by atoms with Gasteiger partial charge in [-0.05, 0) is 30.7 Å². The SMILES string of the molecule is CC(C)C[C@H](N)C(=O)N1C[C@H]2C[C@@H](C1)c1cccc(=O)n1C2. The number of hydrogen-bond donors (Lipinski definition) is 1. The summed E-state index contributed by atoms with van der Waals surface area (Å²) in [6.45, 7) is 6.29. The Labute approximate surface area is 131 Å². The van der Waals surface area contributed by atoms with Gasteiger partial charge in [-0.15, -0.1) is 0 Å². The van der Waals surface area contributed by atoms with Crippen LogP contribution in [0.3, 0.4) is 0 Å². The van der Waals surface area contributed by atoms with Crippen molar-refractivity contribution in [2.45, 2.75) is 45.2 Å². The molecule has 1 aromatic rings. The van der Waals surface area contributed by atoms with E-state index in [1.807, 2.05) is 21.6 Å². The average Bonchev–Trinajstić information content (AvgIpc) is 2.46. The predicted molar refractivity (Wildman–Crippen MR) is 85.6 cm³/mol. The largest absolute Gasteiger partial charge is 0.340 e. The van der Waals surface area contributed by atoms with Crippen molar-refractivity contribution in [1.29, 1.82) is 0 Å². The third kappa shape index (κ3) is 2.82. The molecular formula is C17H25N3O2. The van der Waals surface area contributed by atoms with Crippen molar-refractivity contribution in [2.24, 2.45) is 17.6 Å². The van der Waals surface area contributed by atoms with Crippen LogP contribution in [0.15, 0.2) is 23.0 Å². The molecule has 0 spiro atoms. The van der Waals surface area contributed by atoms with Gasteiger partial charge >= 0.3 is 0 Å². The predicted octanol–water partition coefficient (Wildman–Crippen LogP) is 1.17. The maximum Gasteiger partial charge on any atom is 0.250 e. The standard InChI is InChI=1S/C17H25N3O2/c1-11(2)6-14(18)17(22)19-8-12-7-13(10-19)15-4-3-5-16(21)20(15)9-12/h3-5,11-14H,6-10,18H2,1-2H3/t12-,13+,14+/m1/s1. The molecule has 2 aliphatic rings. The Morgan fingerprint density at radius 2 is 2.09 bits per heavy atom. The second-order valence-corrected chi connectivity index (χ2v) is 7.18. The van der Waals surface area contributed by atoms with E-state index in [1.54, 1.807) is 6.07 Å². The number of rotatable bonds is 3. The first kappa shape index (κ1) is 15.3. The number of aromatic nitrogens is 1. The number of nitrogens with two attached hydrogens (primary N) is 1. The Hall–Kier alpha value is -1.62. The minimum atomic E-state index is -0.406. The van der Waals surface area contributed by atoms with E-state index in [4.69, 9.17) is 5.73 Å². The van der Waals surface area contributed by atoms with Gasteiger partial charge in [0.15, 0.2) is 0 Å². The van der Waals surface area contributed by atoms with Crippen molar-refractivity contribution >= 4 is 5.91 Å². The molecule has 120 valence electrons. The lowest BCUT2D eigenvalue weighted by Gasteiger charge is -2.43. The third-order valence-electron chi connectivity index (χ3n) is 4.83. The molecule has 3 atom stereocenters. The van der Waals surface area contributed by atoms with Gasteiger partial charge in [-0.1, -0.05) is 19.9 Å². The number of carbonyl (C=O) groups is 1. The van der Waals surface area contributed by atoms with Gasteiger partial charge in [0.2, 0.25) is 5.91 Å². The normalized spacial score (nSPS) is 25.0. The van der Waals surface area contributed by atoms with Gasteiger partial charge in [-0.25, -0.2) is 0 Å². The Bertz CT molecular complexity index is 623. The van der Waals surface area contributed by atoms with Gasteiger partial charge in [0.25, 0.3) is 5.56 Å². The molecule has 2 N–H and O–H groups in total. The quantitative estimate of drug-likeness (QED) is 0.911. The Morgan fingerprint density at radius 1 is 1.32 bits per heavy atom. The molecule has 2 bridgehead atoms. The minimum Gasteiger partial charge on any atom is -0.340 e. The second-order valence-electron chi connectivity index (χ2n) is 7.18. The highest BCUT2D eigenvalue weighted by atomic mass is 16.2. The molecule has 0 aromatic carbocycles. The highest BCUT2D eigenvalue weighted by molar-refractivity contribution is 5.81. The van der Waals surface area contributed by atoms with Crippen LogP contribution in [-0.4, -0.2) is 34.5 Å². The zero-order valence-electron chi connectivity index (χ0n) is 13.4. The van der Waals surface area contributed by atoms with Gasteiger partial charge in [0.1, 0.15) is 0 Å². The van der Waals surface area contributed by atoms with Crippen molar-refractivity contribution in [2.75, 3.05) is 13.1 Å². The lowest BCUT2D eigenvalue weighted by atomic mass is 9.83. The third-order valence-corrected chi connectivity index (χ3v) is 4.83. The summed E-state index contributed by atoms with van der Waals surface area (Å²) in [5, 5.41) is 0. The van der Waals surface area contributed by atoms with Crippen LogP contribution in [0.1, 0.15) is 38.3 Å². The molecule has 2 aliphatic heterocycles. The highest BCUT2D eigenvalue weighted by Crippen LogP contribution is 2.35. The summed E-state index contributed by atoms with van der Waals surface area (Å²) < 4.78 is 1.88. The summed E-state index contributed by atoms with van der Waals surface area (Å²) in [4.78, 5) is 26.5. The molecule has 22 heavy (non-hydrogen) atoms. The molecule has 1 fully saturated rings. The molecular weight excluding hydrogens is 278 g/mol. The van der Waals surface area contributed by atoms with Gasteiger partial charge < -0.3 is 15.2 Å². The van der Waals surface area contributed by atoms with E-state index in [1.165, 1.54) is 0 Å². The summed E-state index contributed by atoms with van der Waals surface area (Å²) in [6.07, 6.45) is 1.79. The molecule has 0 aliphatic carbocycles. The van der Waals surface area contributed by atoms with Gasteiger partial charge in [-0.3, -0.25) is 9.59 Å². The van der Waals surface area contributed by atoms with E-state index in [9.17, 15) is 9.59 Å². The molecule has 3 rings (SSSR count). The van der Waals surface area contributed by atoms with E-state index in [0.29, 0.717) is 24.9 Å². The summed E-state index contributed by atoms with van der Waals surface area (Å²) in [5.74, 6) is 1.11. The summed E-state index contributed by atoms with van der Waals surface area (Å²) in [5.41, 5.74) is 7.21. The average molecular weight is 303 g/mol. The van der Waals surface area contributed by atoms with Crippen LogP contribution in [0, 0.1) is 11.8 Å². The van der Waals surface area contributed by atoms with Crippen LogP contribution in [0.25, 0.3) is 0 Å².